The third-order valence-electron chi connectivity index (χ3n) is 12.7. The minimum absolute atomic E-state index is 0.559. The fourth-order valence-electron chi connectivity index (χ4n) is 9.86. The van der Waals surface area contributed by atoms with Gasteiger partial charge >= 0.3 is 0 Å². The Labute approximate surface area is 299 Å². The van der Waals surface area contributed by atoms with Gasteiger partial charge in [-0.05, 0) is 106 Å². The Hall–Kier alpha value is -3.42. The highest BCUT2D eigenvalue weighted by atomic mass is 28.2. The van der Waals surface area contributed by atoms with Crippen molar-refractivity contribution in [3.8, 4) is 22.3 Å². The van der Waals surface area contributed by atoms with Crippen molar-refractivity contribution < 1.29 is 0 Å². The molecule has 0 spiro atoms. The highest BCUT2D eigenvalue weighted by Gasteiger charge is 2.30. The summed E-state index contributed by atoms with van der Waals surface area (Å²) in [5.74, 6) is 2.65. The van der Waals surface area contributed by atoms with Crippen LogP contribution in [0.5, 0.6) is 0 Å². The molecule has 4 aromatic rings. The van der Waals surface area contributed by atoms with Crippen LogP contribution in [0.15, 0.2) is 96.1 Å². The van der Waals surface area contributed by atoms with Gasteiger partial charge in [-0.15, -0.1) is 0 Å². The number of benzene rings is 4. The maximum atomic E-state index is 2.56. The lowest BCUT2D eigenvalue weighted by Gasteiger charge is -2.22. The van der Waals surface area contributed by atoms with E-state index in [1.54, 1.807) is 33.4 Å². The highest BCUT2D eigenvalue weighted by molar-refractivity contribution is 6.36. The summed E-state index contributed by atoms with van der Waals surface area (Å²) in [6, 6.07) is 36.1. The molecule has 250 valence electrons. The molecular weight excluding hydrogens is 605 g/mol. The zero-order valence-corrected chi connectivity index (χ0v) is 30.9. The van der Waals surface area contributed by atoms with E-state index >= 15 is 0 Å². The second kappa shape index (κ2) is 14.8. The quantitative estimate of drug-likeness (QED) is 0.149. The molecule has 2 saturated carbocycles. The molecule has 2 fully saturated rings. The minimum Gasteiger partial charge on any atom is -0.0626 e. The largest absolute Gasteiger partial charge is 0.0626 e. The topological polar surface area (TPSA) is 0 Å². The van der Waals surface area contributed by atoms with Gasteiger partial charge < -0.3 is 0 Å². The lowest BCUT2D eigenvalue weighted by Crippen LogP contribution is -2.08. The third-order valence-corrected chi connectivity index (χ3v) is 14.1. The smallest absolute Gasteiger partial charge is 0.0397 e. The summed E-state index contributed by atoms with van der Waals surface area (Å²) in [4.78, 5) is 0. The second-order valence-corrected chi connectivity index (χ2v) is 16.8. The Kier molecular flexibility index (Phi) is 9.91. The molecule has 2 atom stereocenters. The molecule has 0 amide bonds. The van der Waals surface area contributed by atoms with Crippen molar-refractivity contribution >= 4 is 21.7 Å². The monoisotopic (exact) mass is 658 g/mol. The van der Waals surface area contributed by atoms with Gasteiger partial charge in [0.1, 0.15) is 0 Å². The Morgan fingerprint density at radius 1 is 0.490 bits per heavy atom. The maximum absolute atomic E-state index is 2.56. The third kappa shape index (κ3) is 6.61. The molecule has 2 unspecified atom stereocenters. The lowest BCUT2D eigenvalue weighted by molar-refractivity contribution is 0.443. The molecule has 0 nitrogen and oxygen atoms in total. The summed E-state index contributed by atoms with van der Waals surface area (Å²) < 4.78 is 0. The molecule has 1 heteroatoms. The van der Waals surface area contributed by atoms with Gasteiger partial charge in [0.05, 0.1) is 0 Å². The van der Waals surface area contributed by atoms with E-state index < -0.39 is 0 Å². The average molecular weight is 659 g/mol. The first-order chi connectivity index (χ1) is 24.2. The van der Waals surface area contributed by atoms with E-state index in [1.807, 2.05) is 0 Å². The van der Waals surface area contributed by atoms with Gasteiger partial charge in [-0.25, -0.2) is 0 Å². The SMILES string of the molecule is CCC1=Cc2c(-c3ccc(C4CCCCC4)cc3)cccc2C1C[Si]CC1C(CC)=Cc2c(-c3ccc(C4CCCCC4)cc3)cccc21. The van der Waals surface area contributed by atoms with Gasteiger partial charge in [-0.2, -0.15) is 0 Å². The van der Waals surface area contributed by atoms with Crippen LogP contribution >= 0.6 is 0 Å². The van der Waals surface area contributed by atoms with E-state index in [0.717, 1.165) is 34.2 Å². The Bertz CT molecular complexity index is 1670. The predicted molar refractivity (Wildman–Crippen MR) is 213 cm³/mol. The van der Waals surface area contributed by atoms with Crippen molar-refractivity contribution in [2.45, 2.75) is 127 Å². The average Bonchev–Trinajstić information content (AvgIpc) is 3.73. The van der Waals surface area contributed by atoms with Crippen molar-refractivity contribution in [3.05, 3.63) is 129 Å². The molecule has 2 radical (unpaired) electrons. The standard InChI is InChI=1S/C48H54Si/c1-3-33-29-45-41(39-25-21-37(22-26-39)35-13-7-5-8-14-35)17-11-19-43(45)47(33)31-49-32-48-34(4-2)30-46-42(18-12-20-44(46)48)40-27-23-38(24-28-40)36-15-9-6-10-16-36/h11-12,17-30,35-36,47-48H,3-10,13-16,31-32H2,1-2H3. The van der Waals surface area contributed by atoms with Crippen molar-refractivity contribution in [3.63, 3.8) is 0 Å². The van der Waals surface area contributed by atoms with Crippen molar-refractivity contribution in [2.75, 3.05) is 0 Å². The molecule has 4 aliphatic carbocycles. The molecule has 4 aromatic carbocycles. The van der Waals surface area contributed by atoms with Crippen LogP contribution < -0.4 is 0 Å². The number of fused-ring (bicyclic) bond motifs is 2. The van der Waals surface area contributed by atoms with Crippen LogP contribution in [0.25, 0.3) is 34.4 Å². The van der Waals surface area contributed by atoms with Gasteiger partial charge in [-0.3, -0.25) is 0 Å². The van der Waals surface area contributed by atoms with E-state index in [2.05, 4.69) is 111 Å². The van der Waals surface area contributed by atoms with Crippen molar-refractivity contribution in [2.24, 2.45) is 0 Å². The predicted octanol–water partition coefficient (Wildman–Crippen LogP) is 14.1. The fourth-order valence-corrected chi connectivity index (χ4v) is 11.6. The molecule has 0 bridgehead atoms. The molecule has 0 N–H and O–H groups in total. The summed E-state index contributed by atoms with van der Waals surface area (Å²) in [5, 5.41) is 0. The van der Waals surface area contributed by atoms with Crippen LogP contribution in [0.1, 0.15) is 148 Å². The van der Waals surface area contributed by atoms with Crippen LogP contribution in [0.4, 0.5) is 0 Å². The Balaban J connectivity index is 0.978. The molecule has 49 heavy (non-hydrogen) atoms. The summed E-state index contributed by atoms with van der Waals surface area (Å²) in [6.07, 6.45) is 21.3. The number of allylic oxidation sites excluding steroid dienone is 2. The molecule has 0 heterocycles. The molecule has 0 aliphatic heterocycles. The number of rotatable bonds is 10. The van der Waals surface area contributed by atoms with Crippen LogP contribution in [-0.2, 0) is 0 Å². The normalized spacial score (nSPS) is 20.9. The van der Waals surface area contributed by atoms with Gasteiger partial charge in [0.25, 0.3) is 0 Å². The first-order valence-electron chi connectivity index (χ1n) is 19.8. The Morgan fingerprint density at radius 3 is 1.29 bits per heavy atom. The molecule has 4 aliphatic rings. The zero-order valence-electron chi connectivity index (χ0n) is 29.9. The highest BCUT2D eigenvalue weighted by Crippen LogP contribution is 2.47. The maximum Gasteiger partial charge on any atom is 0.0397 e. The van der Waals surface area contributed by atoms with Gasteiger partial charge in [0.2, 0.25) is 0 Å². The number of hydrogen-bond acceptors (Lipinski definition) is 0. The van der Waals surface area contributed by atoms with Crippen LogP contribution in [0.3, 0.4) is 0 Å². The van der Waals surface area contributed by atoms with Gasteiger partial charge in [-0.1, -0.05) is 173 Å². The summed E-state index contributed by atoms with van der Waals surface area (Å²) >= 11 is 0. The number of hydrogen-bond donors (Lipinski definition) is 0. The minimum atomic E-state index is 0.559. The summed E-state index contributed by atoms with van der Waals surface area (Å²) in [6.45, 7) is 4.72. The molecule has 8 rings (SSSR count). The summed E-state index contributed by atoms with van der Waals surface area (Å²) in [7, 11) is 0.948. The van der Waals surface area contributed by atoms with E-state index in [0.29, 0.717) is 11.8 Å². The van der Waals surface area contributed by atoms with Gasteiger partial charge in [0.15, 0.2) is 0 Å². The van der Waals surface area contributed by atoms with Crippen LogP contribution in [-0.4, -0.2) is 9.52 Å². The zero-order chi connectivity index (χ0) is 33.2. The van der Waals surface area contributed by atoms with E-state index in [1.165, 1.54) is 110 Å². The fraction of sp³-hybridized carbons (Fsp3) is 0.417. The second-order valence-electron chi connectivity index (χ2n) is 15.4. The first-order valence-corrected chi connectivity index (χ1v) is 21.2. The van der Waals surface area contributed by atoms with Crippen molar-refractivity contribution in [1.82, 2.24) is 0 Å². The van der Waals surface area contributed by atoms with E-state index in [-0.39, 0.29) is 0 Å². The van der Waals surface area contributed by atoms with Crippen molar-refractivity contribution in [1.29, 1.82) is 0 Å². The van der Waals surface area contributed by atoms with E-state index in [4.69, 9.17) is 0 Å². The summed E-state index contributed by atoms with van der Waals surface area (Å²) in [5.41, 5.74) is 18.1. The molecular formula is C48H54Si. The van der Waals surface area contributed by atoms with Gasteiger partial charge in [0, 0.05) is 21.4 Å². The molecule has 0 saturated heterocycles. The lowest BCUT2D eigenvalue weighted by atomic mass is 9.83. The molecule has 0 aromatic heterocycles. The van der Waals surface area contributed by atoms with Crippen LogP contribution in [0.2, 0.25) is 12.1 Å². The Morgan fingerprint density at radius 2 is 0.898 bits per heavy atom. The van der Waals surface area contributed by atoms with E-state index in [9.17, 15) is 0 Å². The first kappa shape index (κ1) is 32.8. The van der Waals surface area contributed by atoms with Crippen LogP contribution in [0, 0.1) is 0 Å².